The van der Waals surface area contributed by atoms with Gasteiger partial charge in [0.15, 0.2) is 5.65 Å². The minimum Gasteiger partial charge on any atom is -0.496 e. The van der Waals surface area contributed by atoms with Crippen molar-refractivity contribution in [1.82, 2.24) is 19.9 Å². The molecule has 0 amide bonds. The van der Waals surface area contributed by atoms with E-state index in [1.54, 1.807) is 13.3 Å². The number of piperazine rings is 1. The molecule has 140 valence electrons. The molecule has 1 aliphatic heterocycles. The SMILES string of the molecule is CCN1CCN(c2nc3nccc(-c4ccccc4OC)c3c(=O)[nH]2)CC1. The molecule has 0 saturated carbocycles. The van der Waals surface area contributed by atoms with Gasteiger partial charge in [-0.15, -0.1) is 0 Å². The molecule has 7 heteroatoms. The molecule has 7 nitrogen and oxygen atoms in total. The van der Waals surface area contributed by atoms with E-state index in [9.17, 15) is 4.79 Å². The van der Waals surface area contributed by atoms with Gasteiger partial charge in [0.2, 0.25) is 5.95 Å². The molecule has 0 atom stereocenters. The fourth-order valence-electron chi connectivity index (χ4n) is 3.57. The summed E-state index contributed by atoms with van der Waals surface area (Å²) in [5.41, 5.74) is 1.90. The second-order valence-electron chi connectivity index (χ2n) is 6.57. The Morgan fingerprint density at radius 3 is 2.63 bits per heavy atom. The molecule has 1 N–H and O–H groups in total. The van der Waals surface area contributed by atoms with Gasteiger partial charge in [0.25, 0.3) is 5.56 Å². The highest BCUT2D eigenvalue weighted by atomic mass is 16.5. The van der Waals surface area contributed by atoms with Gasteiger partial charge in [0.05, 0.1) is 12.5 Å². The zero-order chi connectivity index (χ0) is 18.8. The summed E-state index contributed by atoms with van der Waals surface area (Å²) in [5, 5.41) is 0.484. The fourth-order valence-corrected chi connectivity index (χ4v) is 3.57. The van der Waals surface area contributed by atoms with Gasteiger partial charge in [-0.1, -0.05) is 25.1 Å². The third-order valence-corrected chi connectivity index (χ3v) is 5.11. The molecule has 0 bridgehead atoms. The van der Waals surface area contributed by atoms with E-state index in [0.717, 1.165) is 43.9 Å². The van der Waals surface area contributed by atoms with Gasteiger partial charge in [0.1, 0.15) is 5.75 Å². The Balaban J connectivity index is 1.78. The Hall–Kier alpha value is -2.93. The summed E-state index contributed by atoms with van der Waals surface area (Å²) in [4.78, 5) is 29.4. The Labute approximate surface area is 157 Å². The quantitative estimate of drug-likeness (QED) is 0.764. The largest absolute Gasteiger partial charge is 0.496 e. The lowest BCUT2D eigenvalue weighted by molar-refractivity contribution is 0.270. The Morgan fingerprint density at radius 2 is 1.89 bits per heavy atom. The average Bonchev–Trinajstić information content (AvgIpc) is 2.73. The molecule has 3 aromatic rings. The van der Waals surface area contributed by atoms with Crippen molar-refractivity contribution in [3.05, 3.63) is 46.9 Å². The van der Waals surface area contributed by atoms with Crippen molar-refractivity contribution in [2.45, 2.75) is 6.92 Å². The summed E-state index contributed by atoms with van der Waals surface area (Å²) in [6.07, 6.45) is 1.69. The summed E-state index contributed by atoms with van der Waals surface area (Å²) >= 11 is 0. The third-order valence-electron chi connectivity index (χ3n) is 5.11. The molecule has 0 spiro atoms. The molecule has 0 radical (unpaired) electrons. The average molecular weight is 365 g/mol. The Kier molecular flexibility index (Phi) is 4.77. The van der Waals surface area contributed by atoms with Gasteiger partial charge in [-0.05, 0) is 18.7 Å². The van der Waals surface area contributed by atoms with Crippen molar-refractivity contribution in [3.8, 4) is 16.9 Å². The highest BCUT2D eigenvalue weighted by Gasteiger charge is 2.20. The number of benzene rings is 1. The van der Waals surface area contributed by atoms with Crippen LogP contribution in [0.2, 0.25) is 0 Å². The van der Waals surface area contributed by atoms with Gasteiger partial charge >= 0.3 is 0 Å². The number of hydrogen-bond acceptors (Lipinski definition) is 6. The first-order chi connectivity index (χ1) is 13.2. The number of aromatic amines is 1. The Morgan fingerprint density at radius 1 is 1.11 bits per heavy atom. The van der Waals surface area contributed by atoms with E-state index in [4.69, 9.17) is 4.74 Å². The molecular weight excluding hydrogens is 342 g/mol. The number of nitrogens with one attached hydrogen (secondary N) is 1. The molecule has 1 saturated heterocycles. The van der Waals surface area contributed by atoms with Crippen molar-refractivity contribution in [2.24, 2.45) is 0 Å². The predicted molar refractivity (Wildman–Crippen MR) is 106 cm³/mol. The van der Waals surface area contributed by atoms with Crippen molar-refractivity contribution < 1.29 is 4.74 Å². The lowest BCUT2D eigenvalue weighted by Crippen LogP contribution is -2.47. The molecule has 1 aliphatic rings. The number of para-hydroxylation sites is 1. The molecule has 27 heavy (non-hydrogen) atoms. The van der Waals surface area contributed by atoms with Crippen LogP contribution in [0.15, 0.2) is 41.3 Å². The van der Waals surface area contributed by atoms with Crippen molar-refractivity contribution in [3.63, 3.8) is 0 Å². The second-order valence-corrected chi connectivity index (χ2v) is 6.57. The maximum Gasteiger partial charge on any atom is 0.262 e. The number of rotatable bonds is 4. The molecule has 2 aromatic heterocycles. The maximum absolute atomic E-state index is 12.9. The lowest BCUT2D eigenvalue weighted by Gasteiger charge is -2.34. The van der Waals surface area contributed by atoms with Crippen LogP contribution in [0.1, 0.15) is 6.92 Å². The molecule has 1 aromatic carbocycles. The number of hydrogen-bond donors (Lipinski definition) is 1. The normalized spacial score (nSPS) is 15.3. The van der Waals surface area contributed by atoms with E-state index in [-0.39, 0.29) is 5.56 Å². The third kappa shape index (κ3) is 3.26. The minimum absolute atomic E-state index is 0.179. The number of nitrogens with zero attached hydrogens (tertiary/aromatic N) is 4. The number of anilines is 1. The maximum atomic E-state index is 12.9. The molecule has 1 fully saturated rings. The van der Waals surface area contributed by atoms with E-state index in [2.05, 4.69) is 31.7 Å². The zero-order valence-electron chi connectivity index (χ0n) is 15.6. The first kappa shape index (κ1) is 17.5. The molecule has 0 aliphatic carbocycles. The summed E-state index contributed by atoms with van der Waals surface area (Å²) in [6.45, 7) is 6.82. The number of ether oxygens (including phenoxy) is 1. The van der Waals surface area contributed by atoms with Gasteiger partial charge < -0.3 is 14.5 Å². The first-order valence-electron chi connectivity index (χ1n) is 9.21. The monoisotopic (exact) mass is 365 g/mol. The first-order valence-corrected chi connectivity index (χ1v) is 9.21. The van der Waals surface area contributed by atoms with Crippen LogP contribution in [0, 0.1) is 0 Å². The van der Waals surface area contributed by atoms with Crippen LogP contribution in [0.25, 0.3) is 22.2 Å². The van der Waals surface area contributed by atoms with E-state index in [1.165, 1.54) is 0 Å². The van der Waals surface area contributed by atoms with E-state index < -0.39 is 0 Å². The number of H-pyrrole nitrogens is 1. The van der Waals surface area contributed by atoms with Crippen molar-refractivity contribution in [1.29, 1.82) is 0 Å². The van der Waals surface area contributed by atoms with Gasteiger partial charge in [0, 0.05) is 43.5 Å². The Bertz CT molecular complexity index is 1010. The van der Waals surface area contributed by atoms with Crippen molar-refractivity contribution >= 4 is 17.0 Å². The van der Waals surface area contributed by atoms with Crippen LogP contribution in [0.3, 0.4) is 0 Å². The summed E-state index contributed by atoms with van der Waals surface area (Å²) in [5.74, 6) is 1.30. The smallest absolute Gasteiger partial charge is 0.262 e. The molecule has 0 unspecified atom stereocenters. The standard InChI is InChI=1S/C20H23N5O2/c1-3-24-10-12-25(13-11-24)20-22-18-17(19(26)23-20)15(8-9-21-18)14-6-4-5-7-16(14)27-2/h4-9H,3,10-13H2,1-2H3,(H,21,22,23,26). The van der Waals surface area contributed by atoms with Crippen LogP contribution in [-0.2, 0) is 0 Å². The van der Waals surface area contributed by atoms with Gasteiger partial charge in [-0.3, -0.25) is 9.78 Å². The summed E-state index contributed by atoms with van der Waals surface area (Å²) in [6, 6.07) is 9.47. The molecule has 4 rings (SSSR count). The molecular formula is C20H23N5O2. The van der Waals surface area contributed by atoms with E-state index in [0.29, 0.717) is 22.7 Å². The van der Waals surface area contributed by atoms with Crippen LogP contribution in [0.4, 0.5) is 5.95 Å². The number of fused-ring (bicyclic) bond motifs is 1. The summed E-state index contributed by atoms with van der Waals surface area (Å²) in [7, 11) is 1.62. The number of pyridine rings is 1. The fraction of sp³-hybridized carbons (Fsp3) is 0.350. The lowest BCUT2D eigenvalue weighted by atomic mass is 10.0. The van der Waals surface area contributed by atoms with Gasteiger partial charge in [-0.25, -0.2) is 4.98 Å². The highest BCUT2D eigenvalue weighted by Crippen LogP contribution is 2.32. The highest BCUT2D eigenvalue weighted by molar-refractivity contribution is 5.93. The van der Waals surface area contributed by atoms with E-state index >= 15 is 0 Å². The second kappa shape index (κ2) is 7.36. The van der Waals surface area contributed by atoms with Crippen LogP contribution < -0.4 is 15.2 Å². The molecule has 3 heterocycles. The number of aromatic nitrogens is 3. The van der Waals surface area contributed by atoms with Crippen LogP contribution in [-0.4, -0.2) is 59.7 Å². The zero-order valence-corrected chi connectivity index (χ0v) is 15.6. The van der Waals surface area contributed by atoms with Crippen LogP contribution >= 0.6 is 0 Å². The van der Waals surface area contributed by atoms with Gasteiger partial charge in [-0.2, -0.15) is 4.98 Å². The minimum atomic E-state index is -0.179. The number of likely N-dealkylation sites (N-methyl/N-ethyl adjacent to an activating group) is 1. The van der Waals surface area contributed by atoms with Crippen LogP contribution in [0.5, 0.6) is 5.75 Å². The van der Waals surface area contributed by atoms with Crippen molar-refractivity contribution in [2.75, 3.05) is 44.7 Å². The topological polar surface area (TPSA) is 74.4 Å². The summed E-state index contributed by atoms with van der Waals surface area (Å²) < 4.78 is 5.46. The van der Waals surface area contributed by atoms with E-state index in [1.807, 2.05) is 30.3 Å². The predicted octanol–water partition coefficient (Wildman–Crippen LogP) is 2.14. The number of methoxy groups -OCH3 is 1.